The topological polar surface area (TPSA) is 71.3 Å². The molecular weight excluding hydrogens is 396 g/mol. The third kappa shape index (κ3) is 6.00. The zero-order valence-electron chi connectivity index (χ0n) is 18.8. The maximum absolute atomic E-state index is 12.1. The Hall–Kier alpha value is -2.02. The molecule has 0 aromatic carbocycles. The Morgan fingerprint density at radius 1 is 1.20 bits per heavy atom. The SMILES string of the molecule is CC(C)NC(=O)c1ccc(CSc2nc(C(C)C)cc(N(C)C3CCCCC3)n2)o1. The maximum atomic E-state index is 12.1. The third-order valence-corrected chi connectivity index (χ3v) is 6.31. The number of anilines is 1. The van der Waals surface area contributed by atoms with Crippen LogP contribution in [-0.4, -0.2) is 35.0 Å². The van der Waals surface area contributed by atoms with Crippen LogP contribution in [0, 0.1) is 0 Å². The lowest BCUT2D eigenvalue weighted by molar-refractivity contribution is 0.0913. The Morgan fingerprint density at radius 2 is 1.93 bits per heavy atom. The molecule has 0 unspecified atom stereocenters. The van der Waals surface area contributed by atoms with E-state index in [0.29, 0.717) is 23.5 Å². The van der Waals surface area contributed by atoms with Gasteiger partial charge in [-0.1, -0.05) is 44.9 Å². The van der Waals surface area contributed by atoms with Crippen molar-refractivity contribution in [3.63, 3.8) is 0 Å². The first-order valence-corrected chi connectivity index (χ1v) is 12.0. The summed E-state index contributed by atoms with van der Waals surface area (Å²) in [6, 6.07) is 6.33. The van der Waals surface area contributed by atoms with Gasteiger partial charge in [-0.25, -0.2) is 9.97 Å². The average molecular weight is 431 g/mol. The van der Waals surface area contributed by atoms with Gasteiger partial charge in [0, 0.05) is 30.9 Å². The number of carbonyl (C=O) groups excluding carboxylic acids is 1. The fourth-order valence-corrected chi connectivity index (χ4v) is 4.43. The molecule has 2 heterocycles. The summed E-state index contributed by atoms with van der Waals surface area (Å²) >= 11 is 1.55. The van der Waals surface area contributed by atoms with Gasteiger partial charge < -0.3 is 14.6 Å². The Labute approximate surface area is 184 Å². The maximum Gasteiger partial charge on any atom is 0.287 e. The number of hydrogen-bond donors (Lipinski definition) is 1. The van der Waals surface area contributed by atoms with Gasteiger partial charge in [0.1, 0.15) is 11.6 Å². The monoisotopic (exact) mass is 430 g/mol. The number of amides is 1. The third-order valence-electron chi connectivity index (χ3n) is 5.44. The first-order valence-electron chi connectivity index (χ1n) is 11.0. The predicted molar refractivity (Wildman–Crippen MR) is 122 cm³/mol. The molecule has 1 amide bonds. The smallest absolute Gasteiger partial charge is 0.287 e. The van der Waals surface area contributed by atoms with E-state index in [1.807, 2.05) is 19.9 Å². The number of carbonyl (C=O) groups is 1. The fraction of sp³-hybridized carbons (Fsp3) is 0.609. The minimum absolute atomic E-state index is 0.0761. The number of nitrogens with one attached hydrogen (secondary N) is 1. The summed E-state index contributed by atoms with van der Waals surface area (Å²) in [4.78, 5) is 24.0. The molecule has 1 fully saturated rings. The zero-order valence-corrected chi connectivity index (χ0v) is 19.6. The van der Waals surface area contributed by atoms with Gasteiger partial charge in [0.25, 0.3) is 5.91 Å². The second kappa shape index (κ2) is 10.3. The molecule has 0 bridgehead atoms. The Bertz CT molecular complexity index is 843. The molecule has 0 atom stereocenters. The molecule has 30 heavy (non-hydrogen) atoms. The molecule has 3 rings (SSSR count). The molecule has 1 N–H and O–H groups in total. The second-order valence-electron chi connectivity index (χ2n) is 8.67. The molecule has 0 aliphatic heterocycles. The standard InChI is InChI=1S/C23H34N4O2S/c1-15(2)19-13-21(27(5)17-9-7-6-8-10-17)26-23(25-19)30-14-18-11-12-20(29-18)22(28)24-16(3)4/h11-13,15-17H,6-10,14H2,1-5H3,(H,24,28). The minimum Gasteiger partial charge on any atom is -0.455 e. The summed E-state index contributed by atoms with van der Waals surface area (Å²) in [6.07, 6.45) is 6.39. The van der Waals surface area contributed by atoms with Gasteiger partial charge in [-0.05, 0) is 44.7 Å². The number of furan rings is 1. The van der Waals surface area contributed by atoms with E-state index in [-0.39, 0.29) is 11.9 Å². The van der Waals surface area contributed by atoms with Crippen molar-refractivity contribution in [3.8, 4) is 0 Å². The van der Waals surface area contributed by atoms with Crippen molar-refractivity contribution in [2.45, 2.75) is 88.7 Å². The van der Waals surface area contributed by atoms with Crippen LogP contribution in [-0.2, 0) is 5.75 Å². The van der Waals surface area contributed by atoms with Crippen molar-refractivity contribution in [1.29, 1.82) is 0 Å². The van der Waals surface area contributed by atoms with Crippen LogP contribution in [0.4, 0.5) is 5.82 Å². The number of hydrogen-bond acceptors (Lipinski definition) is 6. The summed E-state index contributed by atoms with van der Waals surface area (Å²) in [5.41, 5.74) is 1.06. The van der Waals surface area contributed by atoms with Gasteiger partial charge in [0.05, 0.1) is 5.75 Å². The highest BCUT2D eigenvalue weighted by atomic mass is 32.2. The van der Waals surface area contributed by atoms with Gasteiger partial charge in [0.15, 0.2) is 10.9 Å². The van der Waals surface area contributed by atoms with Crippen LogP contribution in [0.2, 0.25) is 0 Å². The van der Waals surface area contributed by atoms with E-state index in [0.717, 1.165) is 22.4 Å². The van der Waals surface area contributed by atoms with Gasteiger partial charge in [-0.15, -0.1) is 0 Å². The number of rotatable bonds is 8. The summed E-state index contributed by atoms with van der Waals surface area (Å²) in [5.74, 6) is 2.82. The molecular formula is C23H34N4O2S. The molecule has 2 aromatic rings. The highest BCUT2D eigenvalue weighted by molar-refractivity contribution is 7.98. The Balaban J connectivity index is 1.71. The largest absolute Gasteiger partial charge is 0.455 e. The van der Waals surface area contributed by atoms with Crippen molar-refractivity contribution in [1.82, 2.24) is 15.3 Å². The van der Waals surface area contributed by atoms with Crippen molar-refractivity contribution >= 4 is 23.5 Å². The van der Waals surface area contributed by atoms with E-state index in [9.17, 15) is 4.79 Å². The van der Waals surface area contributed by atoms with E-state index < -0.39 is 0 Å². The highest BCUT2D eigenvalue weighted by Gasteiger charge is 2.21. The van der Waals surface area contributed by atoms with E-state index in [4.69, 9.17) is 14.4 Å². The van der Waals surface area contributed by atoms with E-state index in [1.54, 1.807) is 17.8 Å². The molecule has 1 saturated carbocycles. The summed E-state index contributed by atoms with van der Waals surface area (Å²) in [5, 5.41) is 3.60. The van der Waals surface area contributed by atoms with E-state index in [2.05, 4.69) is 37.2 Å². The number of nitrogens with zero attached hydrogens (tertiary/aromatic N) is 3. The van der Waals surface area contributed by atoms with Crippen molar-refractivity contribution in [3.05, 3.63) is 35.4 Å². The minimum atomic E-state index is -0.185. The van der Waals surface area contributed by atoms with Crippen LogP contribution in [0.5, 0.6) is 0 Å². The molecule has 164 valence electrons. The summed E-state index contributed by atoms with van der Waals surface area (Å²) in [6.45, 7) is 8.18. The van der Waals surface area contributed by atoms with Crippen LogP contribution in [0.15, 0.2) is 27.8 Å². The van der Waals surface area contributed by atoms with Crippen molar-refractivity contribution in [2.75, 3.05) is 11.9 Å². The fourth-order valence-electron chi connectivity index (χ4n) is 3.67. The first-order chi connectivity index (χ1) is 14.3. The molecule has 6 nitrogen and oxygen atoms in total. The van der Waals surface area contributed by atoms with Gasteiger partial charge in [0.2, 0.25) is 0 Å². The number of thioether (sulfide) groups is 1. The molecule has 1 aliphatic rings. The molecule has 1 aliphatic carbocycles. The summed E-state index contributed by atoms with van der Waals surface area (Å²) in [7, 11) is 2.16. The zero-order chi connectivity index (χ0) is 21.7. The average Bonchev–Trinajstić information content (AvgIpc) is 3.21. The van der Waals surface area contributed by atoms with Gasteiger partial charge in [-0.3, -0.25) is 4.79 Å². The predicted octanol–water partition coefficient (Wildman–Crippen LogP) is 5.39. The van der Waals surface area contributed by atoms with Crippen LogP contribution in [0.3, 0.4) is 0 Å². The second-order valence-corrected chi connectivity index (χ2v) is 9.62. The van der Waals surface area contributed by atoms with Crippen LogP contribution < -0.4 is 10.2 Å². The van der Waals surface area contributed by atoms with E-state index in [1.165, 1.54) is 32.1 Å². The highest BCUT2D eigenvalue weighted by Crippen LogP contribution is 2.29. The van der Waals surface area contributed by atoms with Crippen molar-refractivity contribution in [2.24, 2.45) is 0 Å². The van der Waals surface area contributed by atoms with Crippen LogP contribution in [0.1, 0.15) is 87.7 Å². The quantitative estimate of drug-likeness (QED) is 0.447. The lowest BCUT2D eigenvalue weighted by atomic mass is 9.94. The number of aromatic nitrogens is 2. The van der Waals surface area contributed by atoms with Crippen LogP contribution in [0.25, 0.3) is 0 Å². The van der Waals surface area contributed by atoms with Gasteiger partial charge in [-0.2, -0.15) is 0 Å². The molecule has 0 saturated heterocycles. The lowest BCUT2D eigenvalue weighted by Gasteiger charge is -2.32. The molecule has 0 spiro atoms. The normalized spacial score (nSPS) is 15.0. The van der Waals surface area contributed by atoms with Crippen molar-refractivity contribution < 1.29 is 9.21 Å². The molecule has 7 heteroatoms. The van der Waals surface area contributed by atoms with E-state index >= 15 is 0 Å². The molecule has 2 aromatic heterocycles. The van der Waals surface area contributed by atoms with Crippen LogP contribution >= 0.6 is 11.8 Å². The Kier molecular flexibility index (Phi) is 7.81. The lowest BCUT2D eigenvalue weighted by Crippen LogP contribution is -2.34. The molecule has 0 radical (unpaired) electrons. The first kappa shape index (κ1) is 22.7. The summed E-state index contributed by atoms with van der Waals surface area (Å²) < 4.78 is 5.72. The Morgan fingerprint density at radius 3 is 2.60 bits per heavy atom. The van der Waals surface area contributed by atoms with Gasteiger partial charge >= 0.3 is 0 Å².